The lowest BCUT2D eigenvalue weighted by atomic mass is 9.97. The Labute approximate surface area is 102 Å². The van der Waals surface area contributed by atoms with Gasteiger partial charge in [0.15, 0.2) is 0 Å². The molecule has 2 aromatic rings. The van der Waals surface area contributed by atoms with Gasteiger partial charge in [-0.3, -0.25) is 4.79 Å². The predicted octanol–water partition coefficient (Wildman–Crippen LogP) is 3.13. The molecule has 2 nitrogen and oxygen atoms in total. The lowest BCUT2D eigenvalue weighted by Crippen LogP contribution is -2.12. The van der Waals surface area contributed by atoms with Gasteiger partial charge in [-0.05, 0) is 41.5 Å². The molecule has 1 amide bonds. The van der Waals surface area contributed by atoms with Crippen LogP contribution < -0.4 is 5.32 Å². The number of halogens is 2. The number of carbonyl (C=O) groups is 1. The summed E-state index contributed by atoms with van der Waals surface area (Å²) in [5.41, 5.74) is 2.38. The molecule has 0 fully saturated rings. The molecule has 0 saturated carbocycles. The summed E-state index contributed by atoms with van der Waals surface area (Å²) in [6.07, 6.45) is 0.0867. The number of amides is 1. The minimum atomic E-state index is -0.401. The van der Waals surface area contributed by atoms with Crippen molar-refractivity contribution in [2.45, 2.75) is 6.42 Å². The Morgan fingerprint density at radius 2 is 1.67 bits per heavy atom. The maximum Gasteiger partial charge on any atom is 0.228 e. The zero-order chi connectivity index (χ0) is 12.7. The van der Waals surface area contributed by atoms with E-state index in [0.29, 0.717) is 22.4 Å². The molecule has 0 radical (unpaired) electrons. The van der Waals surface area contributed by atoms with E-state index in [-0.39, 0.29) is 18.1 Å². The summed E-state index contributed by atoms with van der Waals surface area (Å²) in [4.78, 5) is 11.7. The molecule has 1 aliphatic heterocycles. The molecule has 1 heterocycles. The van der Waals surface area contributed by atoms with Gasteiger partial charge in [-0.25, -0.2) is 8.78 Å². The SMILES string of the molecule is O=C1Cc2cc(F)ccc2-c2cc(F)ccc2N1. The highest BCUT2D eigenvalue weighted by atomic mass is 19.1. The predicted molar refractivity (Wildman–Crippen MR) is 64.1 cm³/mol. The van der Waals surface area contributed by atoms with E-state index in [0.717, 1.165) is 0 Å². The summed E-state index contributed by atoms with van der Waals surface area (Å²) < 4.78 is 26.5. The molecule has 1 aliphatic rings. The topological polar surface area (TPSA) is 29.1 Å². The van der Waals surface area contributed by atoms with Gasteiger partial charge in [0.05, 0.1) is 6.42 Å². The van der Waals surface area contributed by atoms with Crippen molar-refractivity contribution in [3.05, 3.63) is 53.6 Å². The normalized spacial score (nSPS) is 13.3. The monoisotopic (exact) mass is 245 g/mol. The molecule has 0 unspecified atom stereocenters. The molecule has 0 aromatic heterocycles. The first kappa shape index (κ1) is 10.9. The summed E-state index contributed by atoms with van der Waals surface area (Å²) in [6.45, 7) is 0. The minimum Gasteiger partial charge on any atom is -0.325 e. The summed E-state index contributed by atoms with van der Waals surface area (Å²) in [6, 6.07) is 8.34. The van der Waals surface area contributed by atoms with Gasteiger partial charge < -0.3 is 5.32 Å². The maximum absolute atomic E-state index is 13.3. The van der Waals surface area contributed by atoms with Gasteiger partial charge in [-0.1, -0.05) is 6.07 Å². The molecule has 90 valence electrons. The van der Waals surface area contributed by atoms with Crippen LogP contribution in [0, 0.1) is 11.6 Å². The van der Waals surface area contributed by atoms with Crippen LogP contribution in [0.2, 0.25) is 0 Å². The van der Waals surface area contributed by atoms with Crippen molar-refractivity contribution in [2.75, 3.05) is 5.32 Å². The first-order chi connectivity index (χ1) is 8.63. The molecule has 3 rings (SSSR count). The average molecular weight is 245 g/mol. The van der Waals surface area contributed by atoms with Gasteiger partial charge in [0, 0.05) is 11.3 Å². The van der Waals surface area contributed by atoms with E-state index in [1.54, 1.807) is 6.07 Å². The van der Waals surface area contributed by atoms with Crippen molar-refractivity contribution >= 4 is 11.6 Å². The molecule has 0 atom stereocenters. The fraction of sp³-hybridized carbons (Fsp3) is 0.0714. The Balaban J connectivity index is 2.30. The first-order valence-corrected chi connectivity index (χ1v) is 5.52. The second-order valence-electron chi connectivity index (χ2n) is 4.22. The maximum atomic E-state index is 13.3. The molecular weight excluding hydrogens is 236 g/mol. The van der Waals surface area contributed by atoms with Gasteiger partial charge in [-0.2, -0.15) is 0 Å². The molecule has 0 bridgehead atoms. The molecule has 0 spiro atoms. The summed E-state index contributed by atoms with van der Waals surface area (Å²) in [7, 11) is 0. The highest BCUT2D eigenvalue weighted by molar-refractivity contribution is 6.00. The number of fused-ring (bicyclic) bond motifs is 3. The molecule has 4 heteroatoms. The summed E-state index contributed by atoms with van der Waals surface area (Å²) in [5.74, 6) is -1.02. The summed E-state index contributed by atoms with van der Waals surface area (Å²) in [5, 5.41) is 2.69. The van der Waals surface area contributed by atoms with Gasteiger partial charge in [0.25, 0.3) is 0 Å². The summed E-state index contributed by atoms with van der Waals surface area (Å²) >= 11 is 0. The number of nitrogens with one attached hydrogen (secondary N) is 1. The van der Waals surface area contributed by atoms with E-state index < -0.39 is 5.82 Å². The Kier molecular flexibility index (Phi) is 2.37. The minimum absolute atomic E-state index is 0.0867. The highest BCUT2D eigenvalue weighted by Gasteiger charge is 2.19. The van der Waals surface area contributed by atoms with Gasteiger partial charge in [0.2, 0.25) is 5.91 Å². The van der Waals surface area contributed by atoms with Crippen molar-refractivity contribution in [3.63, 3.8) is 0 Å². The molecular formula is C14H9F2NO. The van der Waals surface area contributed by atoms with Crippen LogP contribution in [0.4, 0.5) is 14.5 Å². The van der Waals surface area contributed by atoms with Crippen molar-refractivity contribution in [1.82, 2.24) is 0 Å². The smallest absolute Gasteiger partial charge is 0.228 e. The van der Waals surface area contributed by atoms with Crippen LogP contribution in [-0.4, -0.2) is 5.91 Å². The van der Waals surface area contributed by atoms with Crippen molar-refractivity contribution in [2.24, 2.45) is 0 Å². The number of anilines is 1. The van der Waals surface area contributed by atoms with Crippen LogP contribution in [-0.2, 0) is 11.2 Å². The first-order valence-electron chi connectivity index (χ1n) is 5.52. The highest BCUT2D eigenvalue weighted by Crippen LogP contribution is 2.34. The number of hydrogen-bond donors (Lipinski definition) is 1. The van der Waals surface area contributed by atoms with E-state index in [1.807, 2.05) is 0 Å². The van der Waals surface area contributed by atoms with E-state index in [1.165, 1.54) is 30.3 Å². The van der Waals surface area contributed by atoms with E-state index in [9.17, 15) is 13.6 Å². The number of benzene rings is 2. The van der Waals surface area contributed by atoms with Gasteiger partial charge >= 0.3 is 0 Å². The van der Waals surface area contributed by atoms with Gasteiger partial charge in [0.1, 0.15) is 11.6 Å². The lowest BCUT2D eigenvalue weighted by molar-refractivity contribution is -0.115. The van der Waals surface area contributed by atoms with Crippen molar-refractivity contribution in [1.29, 1.82) is 0 Å². The van der Waals surface area contributed by atoms with Crippen LogP contribution in [0.25, 0.3) is 11.1 Å². The third-order valence-corrected chi connectivity index (χ3v) is 2.96. The Morgan fingerprint density at radius 3 is 2.50 bits per heavy atom. The van der Waals surface area contributed by atoms with Crippen LogP contribution in [0.5, 0.6) is 0 Å². The van der Waals surface area contributed by atoms with E-state index in [4.69, 9.17) is 0 Å². The van der Waals surface area contributed by atoms with Crippen molar-refractivity contribution < 1.29 is 13.6 Å². The Morgan fingerprint density at radius 1 is 0.944 bits per heavy atom. The zero-order valence-electron chi connectivity index (χ0n) is 9.34. The fourth-order valence-electron chi connectivity index (χ4n) is 2.19. The van der Waals surface area contributed by atoms with Crippen LogP contribution >= 0.6 is 0 Å². The van der Waals surface area contributed by atoms with E-state index in [2.05, 4.69) is 5.32 Å². The number of hydrogen-bond acceptors (Lipinski definition) is 1. The third kappa shape index (κ3) is 1.76. The molecule has 1 N–H and O–H groups in total. The standard InChI is InChI=1S/C14H9F2NO/c15-9-1-3-11-8(5-9)6-14(18)17-13-4-2-10(16)7-12(11)13/h1-5,7H,6H2,(H,17,18). The lowest BCUT2D eigenvalue weighted by Gasteiger charge is -2.08. The molecule has 2 aromatic carbocycles. The van der Waals surface area contributed by atoms with Crippen LogP contribution in [0.15, 0.2) is 36.4 Å². The zero-order valence-corrected chi connectivity index (χ0v) is 9.34. The number of rotatable bonds is 0. The van der Waals surface area contributed by atoms with Crippen molar-refractivity contribution in [3.8, 4) is 11.1 Å². The Hall–Kier alpha value is -2.23. The van der Waals surface area contributed by atoms with E-state index >= 15 is 0 Å². The fourth-order valence-corrected chi connectivity index (χ4v) is 2.19. The average Bonchev–Trinajstić information content (AvgIpc) is 2.44. The second kappa shape index (κ2) is 3.91. The second-order valence-corrected chi connectivity index (χ2v) is 4.22. The number of carbonyl (C=O) groups excluding carboxylic acids is 1. The third-order valence-electron chi connectivity index (χ3n) is 2.96. The van der Waals surface area contributed by atoms with Crippen LogP contribution in [0.1, 0.15) is 5.56 Å². The molecule has 0 saturated heterocycles. The van der Waals surface area contributed by atoms with Crippen LogP contribution in [0.3, 0.4) is 0 Å². The molecule has 0 aliphatic carbocycles. The van der Waals surface area contributed by atoms with Gasteiger partial charge in [-0.15, -0.1) is 0 Å². The Bertz CT molecular complexity index is 652. The molecule has 18 heavy (non-hydrogen) atoms. The largest absolute Gasteiger partial charge is 0.325 e. The quantitative estimate of drug-likeness (QED) is 0.759.